The van der Waals surface area contributed by atoms with E-state index in [1.807, 2.05) is 0 Å². The molecule has 0 heterocycles. The SMILES string of the molecule is COCCC1(C(=O)Nc2ccc(C(=O)O)c(OC)c2)CCCC1. The third kappa shape index (κ3) is 3.82. The largest absolute Gasteiger partial charge is 0.496 e. The highest BCUT2D eigenvalue weighted by Gasteiger charge is 2.40. The number of carboxylic acid groups (broad SMARTS) is 1. The summed E-state index contributed by atoms with van der Waals surface area (Å²) in [4.78, 5) is 23.8. The van der Waals surface area contributed by atoms with Gasteiger partial charge in [-0.3, -0.25) is 4.79 Å². The first-order valence-electron chi connectivity index (χ1n) is 7.74. The molecular weight excluding hydrogens is 298 g/mol. The number of carbonyl (C=O) groups is 2. The smallest absolute Gasteiger partial charge is 0.339 e. The third-order valence-electron chi connectivity index (χ3n) is 4.52. The fourth-order valence-corrected chi connectivity index (χ4v) is 3.15. The molecule has 0 spiro atoms. The van der Waals surface area contributed by atoms with Gasteiger partial charge in [0.25, 0.3) is 0 Å². The van der Waals surface area contributed by atoms with E-state index < -0.39 is 11.4 Å². The predicted molar refractivity (Wildman–Crippen MR) is 86.0 cm³/mol. The molecule has 2 rings (SSSR count). The van der Waals surface area contributed by atoms with Crippen LogP contribution in [0.3, 0.4) is 0 Å². The molecule has 0 aromatic heterocycles. The zero-order valence-electron chi connectivity index (χ0n) is 13.6. The van der Waals surface area contributed by atoms with E-state index in [1.165, 1.54) is 13.2 Å². The van der Waals surface area contributed by atoms with Crippen molar-refractivity contribution in [2.75, 3.05) is 26.1 Å². The molecule has 2 N–H and O–H groups in total. The Balaban J connectivity index is 2.17. The highest BCUT2D eigenvalue weighted by atomic mass is 16.5. The first kappa shape index (κ1) is 17.3. The van der Waals surface area contributed by atoms with Gasteiger partial charge in [0.2, 0.25) is 5.91 Å². The standard InChI is InChI=1S/C17H23NO5/c1-22-10-9-17(7-3-4-8-17)16(21)18-12-5-6-13(15(19)20)14(11-12)23-2/h5-6,11H,3-4,7-10H2,1-2H3,(H,18,21)(H,19,20). The van der Waals surface area contributed by atoms with Gasteiger partial charge in [0.15, 0.2) is 0 Å². The van der Waals surface area contributed by atoms with Gasteiger partial charge < -0.3 is 19.9 Å². The summed E-state index contributed by atoms with van der Waals surface area (Å²) in [6, 6.07) is 4.57. The van der Waals surface area contributed by atoms with Gasteiger partial charge in [0.1, 0.15) is 11.3 Å². The number of ether oxygens (including phenoxy) is 2. The number of hydrogen-bond acceptors (Lipinski definition) is 4. The van der Waals surface area contributed by atoms with Crippen molar-refractivity contribution < 1.29 is 24.2 Å². The minimum absolute atomic E-state index is 0.0304. The molecule has 6 nitrogen and oxygen atoms in total. The third-order valence-corrected chi connectivity index (χ3v) is 4.52. The minimum atomic E-state index is -1.06. The van der Waals surface area contributed by atoms with Gasteiger partial charge >= 0.3 is 5.97 Å². The number of nitrogens with one attached hydrogen (secondary N) is 1. The molecule has 1 aliphatic carbocycles. The van der Waals surface area contributed by atoms with Crippen molar-refractivity contribution in [3.63, 3.8) is 0 Å². The minimum Gasteiger partial charge on any atom is -0.496 e. The maximum absolute atomic E-state index is 12.7. The van der Waals surface area contributed by atoms with Crippen LogP contribution >= 0.6 is 0 Å². The van der Waals surface area contributed by atoms with Crippen molar-refractivity contribution in [3.8, 4) is 5.75 Å². The maximum atomic E-state index is 12.7. The molecular formula is C17H23NO5. The normalized spacial score (nSPS) is 16.1. The number of methoxy groups -OCH3 is 2. The number of anilines is 1. The molecule has 1 aromatic rings. The Morgan fingerprint density at radius 2 is 1.96 bits per heavy atom. The van der Waals surface area contributed by atoms with Crippen LogP contribution in [0.25, 0.3) is 0 Å². The highest BCUT2D eigenvalue weighted by molar-refractivity contribution is 5.97. The molecule has 126 valence electrons. The summed E-state index contributed by atoms with van der Waals surface area (Å²) in [5.74, 6) is -0.864. The summed E-state index contributed by atoms with van der Waals surface area (Å²) in [5.41, 5.74) is 0.218. The first-order chi connectivity index (χ1) is 11.0. The Morgan fingerprint density at radius 3 is 2.52 bits per heavy atom. The van der Waals surface area contributed by atoms with Crippen molar-refractivity contribution >= 4 is 17.6 Å². The summed E-state index contributed by atoms with van der Waals surface area (Å²) >= 11 is 0. The predicted octanol–water partition coefficient (Wildman–Crippen LogP) is 2.93. The van der Waals surface area contributed by atoms with Gasteiger partial charge in [-0.05, 0) is 31.4 Å². The van der Waals surface area contributed by atoms with E-state index >= 15 is 0 Å². The number of hydrogen-bond donors (Lipinski definition) is 2. The lowest BCUT2D eigenvalue weighted by Gasteiger charge is -2.27. The molecule has 23 heavy (non-hydrogen) atoms. The fraction of sp³-hybridized carbons (Fsp3) is 0.529. The topological polar surface area (TPSA) is 84.9 Å². The number of benzene rings is 1. The van der Waals surface area contributed by atoms with Crippen molar-refractivity contribution in [1.82, 2.24) is 0 Å². The lowest BCUT2D eigenvalue weighted by atomic mass is 9.82. The van der Waals surface area contributed by atoms with Crippen LogP contribution in [0.15, 0.2) is 18.2 Å². The summed E-state index contributed by atoms with van der Waals surface area (Å²) < 4.78 is 10.2. The molecule has 1 aliphatic rings. The second kappa shape index (κ2) is 7.46. The second-order valence-corrected chi connectivity index (χ2v) is 5.90. The zero-order valence-corrected chi connectivity index (χ0v) is 13.6. The number of aromatic carboxylic acids is 1. The van der Waals surface area contributed by atoms with Gasteiger partial charge in [-0.1, -0.05) is 12.8 Å². The molecule has 0 bridgehead atoms. The van der Waals surface area contributed by atoms with E-state index in [9.17, 15) is 9.59 Å². The maximum Gasteiger partial charge on any atom is 0.339 e. The van der Waals surface area contributed by atoms with Crippen LogP contribution in [-0.4, -0.2) is 37.8 Å². The summed E-state index contributed by atoms with van der Waals surface area (Å²) in [7, 11) is 3.04. The Kier molecular flexibility index (Phi) is 5.60. The van der Waals surface area contributed by atoms with Crippen LogP contribution in [0.4, 0.5) is 5.69 Å². The van der Waals surface area contributed by atoms with Crippen LogP contribution in [-0.2, 0) is 9.53 Å². The van der Waals surface area contributed by atoms with Crippen LogP contribution < -0.4 is 10.1 Å². The number of carbonyl (C=O) groups excluding carboxylic acids is 1. The van der Waals surface area contributed by atoms with Crippen LogP contribution in [0.1, 0.15) is 42.5 Å². The van der Waals surface area contributed by atoms with Gasteiger partial charge in [-0.25, -0.2) is 4.79 Å². The molecule has 0 unspecified atom stereocenters. The van der Waals surface area contributed by atoms with Crippen molar-refractivity contribution in [2.24, 2.45) is 5.41 Å². The van der Waals surface area contributed by atoms with Crippen LogP contribution in [0.2, 0.25) is 0 Å². The summed E-state index contributed by atoms with van der Waals surface area (Å²) in [5, 5.41) is 12.0. The molecule has 1 saturated carbocycles. The highest BCUT2D eigenvalue weighted by Crippen LogP contribution is 2.42. The van der Waals surface area contributed by atoms with E-state index in [0.717, 1.165) is 25.7 Å². The molecule has 6 heteroatoms. The number of amides is 1. The second-order valence-electron chi connectivity index (χ2n) is 5.90. The number of carboxylic acids is 1. The molecule has 1 fully saturated rings. The van der Waals surface area contributed by atoms with E-state index in [-0.39, 0.29) is 17.2 Å². The monoisotopic (exact) mass is 321 g/mol. The lowest BCUT2D eigenvalue weighted by molar-refractivity contribution is -0.126. The lowest BCUT2D eigenvalue weighted by Crippen LogP contribution is -2.35. The number of rotatable bonds is 7. The van der Waals surface area contributed by atoms with Gasteiger partial charge in [0.05, 0.1) is 12.5 Å². The average molecular weight is 321 g/mol. The first-order valence-corrected chi connectivity index (χ1v) is 7.74. The molecule has 0 aliphatic heterocycles. The van der Waals surface area contributed by atoms with Gasteiger partial charge in [-0.2, -0.15) is 0 Å². The zero-order chi connectivity index (χ0) is 16.9. The van der Waals surface area contributed by atoms with Crippen LogP contribution in [0.5, 0.6) is 5.75 Å². The van der Waals surface area contributed by atoms with E-state index in [0.29, 0.717) is 18.7 Å². The Labute approximate surface area is 135 Å². The van der Waals surface area contributed by atoms with Gasteiger partial charge in [-0.15, -0.1) is 0 Å². The Morgan fingerprint density at radius 1 is 1.26 bits per heavy atom. The summed E-state index contributed by atoms with van der Waals surface area (Å²) in [6.45, 7) is 0.550. The van der Waals surface area contributed by atoms with Crippen molar-refractivity contribution in [2.45, 2.75) is 32.1 Å². The molecule has 1 amide bonds. The summed E-state index contributed by atoms with van der Waals surface area (Å²) in [6.07, 6.45) is 4.48. The molecule has 1 aromatic carbocycles. The molecule has 0 saturated heterocycles. The average Bonchev–Trinajstić information content (AvgIpc) is 3.02. The molecule has 0 radical (unpaired) electrons. The van der Waals surface area contributed by atoms with E-state index in [1.54, 1.807) is 19.2 Å². The quantitative estimate of drug-likeness (QED) is 0.806. The van der Waals surface area contributed by atoms with E-state index in [2.05, 4.69) is 5.32 Å². The van der Waals surface area contributed by atoms with Gasteiger partial charge in [0, 0.05) is 25.5 Å². The Hall–Kier alpha value is -2.08. The van der Waals surface area contributed by atoms with Crippen molar-refractivity contribution in [3.05, 3.63) is 23.8 Å². The fourth-order valence-electron chi connectivity index (χ4n) is 3.15. The Bertz CT molecular complexity index is 578. The van der Waals surface area contributed by atoms with Crippen molar-refractivity contribution in [1.29, 1.82) is 0 Å². The van der Waals surface area contributed by atoms with Crippen LogP contribution in [0, 0.1) is 5.41 Å². The molecule has 0 atom stereocenters. The van der Waals surface area contributed by atoms with E-state index in [4.69, 9.17) is 14.6 Å².